The van der Waals surface area contributed by atoms with Crippen LogP contribution in [0.3, 0.4) is 0 Å². The van der Waals surface area contributed by atoms with Crippen molar-refractivity contribution in [3.8, 4) is 28.0 Å². The first-order chi connectivity index (χ1) is 15.0. The van der Waals surface area contributed by atoms with E-state index in [9.17, 15) is 18.3 Å². The van der Waals surface area contributed by atoms with E-state index in [2.05, 4.69) is 0 Å². The summed E-state index contributed by atoms with van der Waals surface area (Å²) in [6.07, 6.45) is 6.01. The Morgan fingerprint density at radius 2 is 1.55 bits per heavy atom. The van der Waals surface area contributed by atoms with Crippen LogP contribution in [0.15, 0.2) is 66.7 Å². The molecule has 0 aromatic heterocycles. The van der Waals surface area contributed by atoms with E-state index in [-0.39, 0.29) is 23.4 Å². The minimum Gasteiger partial charge on any atom is -0.505 e. The van der Waals surface area contributed by atoms with Crippen molar-refractivity contribution >= 4 is 0 Å². The molecule has 2 atom stereocenters. The third kappa shape index (κ3) is 4.37. The average molecular weight is 424 g/mol. The Hall–Kier alpha value is -3.05. The molecule has 1 heterocycles. The molecule has 5 heteroatoms. The van der Waals surface area contributed by atoms with Gasteiger partial charge in [-0.25, -0.2) is 8.78 Å². The molecule has 2 unspecified atom stereocenters. The van der Waals surface area contributed by atoms with E-state index in [1.54, 1.807) is 36.4 Å². The van der Waals surface area contributed by atoms with Gasteiger partial charge in [-0.3, -0.25) is 0 Å². The Morgan fingerprint density at radius 3 is 2.16 bits per heavy atom. The van der Waals surface area contributed by atoms with Crippen LogP contribution in [-0.4, -0.2) is 17.8 Å². The summed E-state index contributed by atoms with van der Waals surface area (Å²) in [7, 11) is 0. The summed E-state index contributed by atoms with van der Waals surface area (Å²) >= 11 is 0. The van der Waals surface area contributed by atoms with E-state index in [0.717, 1.165) is 24.5 Å². The van der Waals surface area contributed by atoms with Crippen molar-refractivity contribution in [1.29, 1.82) is 0 Å². The quantitative estimate of drug-likeness (QED) is 0.458. The molecule has 2 nitrogen and oxygen atoms in total. The summed E-state index contributed by atoms with van der Waals surface area (Å²) in [5.41, 5.74) is 2.47. The van der Waals surface area contributed by atoms with Gasteiger partial charge in [0.1, 0.15) is 5.82 Å². The van der Waals surface area contributed by atoms with Gasteiger partial charge < -0.3 is 9.84 Å². The zero-order chi connectivity index (χ0) is 22.0. The Bertz CT molecular complexity index is 1100. The van der Waals surface area contributed by atoms with Gasteiger partial charge in [0.25, 0.3) is 0 Å². The number of hydrogen-bond donors (Lipinski definition) is 1. The van der Waals surface area contributed by atoms with Crippen LogP contribution in [0.1, 0.15) is 31.2 Å². The first-order valence-electron chi connectivity index (χ1n) is 10.3. The third-order valence-electron chi connectivity index (χ3n) is 5.75. The highest BCUT2D eigenvalue weighted by molar-refractivity contribution is 5.71. The molecule has 3 aromatic carbocycles. The highest BCUT2D eigenvalue weighted by Crippen LogP contribution is 2.34. The number of allylic oxidation sites excluding steroid dienone is 1. The number of phenols is 1. The molecular weight excluding hydrogens is 401 g/mol. The van der Waals surface area contributed by atoms with Crippen LogP contribution < -0.4 is 0 Å². The van der Waals surface area contributed by atoms with Crippen LogP contribution in [0.4, 0.5) is 13.2 Å². The predicted molar refractivity (Wildman–Crippen MR) is 115 cm³/mol. The summed E-state index contributed by atoms with van der Waals surface area (Å²) < 4.78 is 48.5. The molecule has 1 aliphatic rings. The Kier molecular flexibility index (Phi) is 6.14. The molecule has 160 valence electrons. The highest BCUT2D eigenvalue weighted by atomic mass is 19.2. The SMILES string of the molecule is C/C=C/C1CCC(c2ccc(-c3ccc(-c4ccc(O)c(F)c4F)cc3)c(F)c2)CO1. The summed E-state index contributed by atoms with van der Waals surface area (Å²) in [5.74, 6) is -3.30. The standard InChI is InChI=1S/C26H23F3O2/c1-2-3-20-10-8-19(15-31-20)18-9-11-21(23(27)14-18)16-4-6-17(7-5-16)22-12-13-24(30)26(29)25(22)28/h2-7,9,11-14,19-20,30H,8,10,15H2,1H3/b3-2+. The fourth-order valence-electron chi connectivity index (χ4n) is 4.01. The molecular formula is C26H23F3O2. The molecule has 0 saturated carbocycles. The summed E-state index contributed by atoms with van der Waals surface area (Å²) in [6.45, 7) is 2.53. The Morgan fingerprint density at radius 1 is 0.871 bits per heavy atom. The van der Waals surface area contributed by atoms with Gasteiger partial charge in [-0.2, -0.15) is 4.39 Å². The fourth-order valence-corrected chi connectivity index (χ4v) is 4.01. The topological polar surface area (TPSA) is 29.5 Å². The second-order valence-corrected chi connectivity index (χ2v) is 7.75. The Labute approximate surface area is 179 Å². The number of benzene rings is 3. The first kappa shape index (κ1) is 21.2. The van der Waals surface area contributed by atoms with Crippen LogP contribution in [0.5, 0.6) is 5.75 Å². The molecule has 3 aromatic rings. The number of phenolic OH excluding ortho intramolecular Hbond substituents is 1. The van der Waals surface area contributed by atoms with E-state index in [0.29, 0.717) is 23.3 Å². The predicted octanol–water partition coefficient (Wildman–Crippen LogP) is 6.98. The van der Waals surface area contributed by atoms with Crippen LogP contribution in [0, 0.1) is 17.5 Å². The van der Waals surface area contributed by atoms with E-state index >= 15 is 0 Å². The molecule has 0 bridgehead atoms. The molecule has 4 rings (SSSR count). The lowest BCUT2D eigenvalue weighted by atomic mass is 9.89. The minimum atomic E-state index is -1.29. The molecule has 0 aliphatic carbocycles. The van der Waals surface area contributed by atoms with Gasteiger partial charge in [-0.15, -0.1) is 0 Å². The average Bonchev–Trinajstić information content (AvgIpc) is 2.79. The zero-order valence-corrected chi connectivity index (χ0v) is 17.1. The van der Waals surface area contributed by atoms with Crippen molar-refractivity contribution in [3.63, 3.8) is 0 Å². The second kappa shape index (κ2) is 8.98. The van der Waals surface area contributed by atoms with Crippen molar-refractivity contribution in [3.05, 3.63) is 89.8 Å². The molecule has 31 heavy (non-hydrogen) atoms. The van der Waals surface area contributed by atoms with Crippen LogP contribution >= 0.6 is 0 Å². The smallest absolute Gasteiger partial charge is 0.200 e. The van der Waals surface area contributed by atoms with Gasteiger partial charge in [-0.1, -0.05) is 48.6 Å². The van der Waals surface area contributed by atoms with Crippen molar-refractivity contribution < 1.29 is 23.0 Å². The maximum atomic E-state index is 14.9. The minimum absolute atomic E-state index is 0.0335. The maximum Gasteiger partial charge on any atom is 0.200 e. The van der Waals surface area contributed by atoms with Crippen LogP contribution in [0.25, 0.3) is 22.3 Å². The maximum absolute atomic E-state index is 14.9. The van der Waals surface area contributed by atoms with Crippen molar-refractivity contribution in [1.82, 2.24) is 0 Å². The van der Waals surface area contributed by atoms with Crippen molar-refractivity contribution in [2.75, 3.05) is 6.61 Å². The number of rotatable bonds is 4. The zero-order valence-electron chi connectivity index (χ0n) is 17.1. The second-order valence-electron chi connectivity index (χ2n) is 7.75. The van der Waals surface area contributed by atoms with Crippen LogP contribution in [-0.2, 0) is 4.74 Å². The molecule has 1 fully saturated rings. The number of halogens is 3. The van der Waals surface area contributed by atoms with Gasteiger partial charge in [-0.05, 0) is 54.7 Å². The van der Waals surface area contributed by atoms with Crippen LogP contribution in [0.2, 0.25) is 0 Å². The molecule has 0 spiro atoms. The molecule has 1 saturated heterocycles. The van der Waals surface area contributed by atoms with E-state index < -0.39 is 17.4 Å². The van der Waals surface area contributed by atoms with E-state index in [1.807, 2.05) is 25.1 Å². The summed E-state index contributed by atoms with van der Waals surface area (Å²) in [5, 5.41) is 9.28. The van der Waals surface area contributed by atoms with E-state index in [1.165, 1.54) is 6.07 Å². The third-order valence-corrected chi connectivity index (χ3v) is 5.75. The fraction of sp³-hybridized carbons (Fsp3) is 0.231. The van der Waals surface area contributed by atoms with Gasteiger partial charge in [0.2, 0.25) is 5.82 Å². The highest BCUT2D eigenvalue weighted by Gasteiger charge is 2.22. The van der Waals surface area contributed by atoms with Gasteiger partial charge in [0.15, 0.2) is 11.6 Å². The largest absolute Gasteiger partial charge is 0.505 e. The Balaban J connectivity index is 1.53. The monoisotopic (exact) mass is 424 g/mol. The first-order valence-corrected chi connectivity index (χ1v) is 10.3. The normalized spacial score (nSPS) is 19.1. The lowest BCUT2D eigenvalue weighted by Crippen LogP contribution is -2.23. The van der Waals surface area contributed by atoms with E-state index in [4.69, 9.17) is 4.74 Å². The molecule has 1 aliphatic heterocycles. The molecule has 0 radical (unpaired) electrons. The number of aromatic hydroxyl groups is 1. The summed E-state index contributed by atoms with van der Waals surface area (Å²) in [4.78, 5) is 0. The van der Waals surface area contributed by atoms with Crippen molar-refractivity contribution in [2.45, 2.75) is 31.8 Å². The molecule has 0 amide bonds. The summed E-state index contributed by atoms with van der Waals surface area (Å²) in [6, 6.07) is 14.2. The molecule has 1 N–H and O–H groups in total. The number of ether oxygens (including phenoxy) is 1. The van der Waals surface area contributed by atoms with Crippen molar-refractivity contribution in [2.24, 2.45) is 0 Å². The van der Waals surface area contributed by atoms with Gasteiger partial charge in [0, 0.05) is 17.0 Å². The number of hydrogen-bond acceptors (Lipinski definition) is 2. The lowest BCUT2D eigenvalue weighted by Gasteiger charge is -2.28. The van der Waals surface area contributed by atoms with Gasteiger partial charge in [0.05, 0.1) is 12.7 Å². The lowest BCUT2D eigenvalue weighted by molar-refractivity contribution is 0.0326. The van der Waals surface area contributed by atoms with Gasteiger partial charge >= 0.3 is 0 Å².